The maximum Gasteiger partial charge on any atom is 0.0536 e. The van der Waals surface area contributed by atoms with Gasteiger partial charge >= 0.3 is 0 Å². The molecule has 0 bridgehead atoms. The van der Waals surface area contributed by atoms with E-state index in [0.29, 0.717) is 6.04 Å². The number of hydrogen-bond donors (Lipinski definition) is 2. The number of ether oxygens (including phenoxy) is 1. The van der Waals surface area contributed by atoms with E-state index in [2.05, 4.69) is 35.6 Å². The second-order valence-corrected chi connectivity index (χ2v) is 7.15. The summed E-state index contributed by atoms with van der Waals surface area (Å²) >= 11 is 0. The molecule has 122 valence electrons. The fourth-order valence-corrected chi connectivity index (χ4v) is 3.74. The van der Waals surface area contributed by atoms with Crippen molar-refractivity contribution in [3.05, 3.63) is 35.9 Å². The van der Waals surface area contributed by atoms with Crippen LogP contribution in [0.3, 0.4) is 0 Å². The number of aliphatic hydroxyl groups excluding tert-OH is 1. The number of hydrogen-bond acceptors (Lipinski definition) is 3. The van der Waals surface area contributed by atoms with E-state index in [1.54, 1.807) is 0 Å². The molecule has 3 nitrogen and oxygen atoms in total. The minimum absolute atomic E-state index is 0.126. The molecule has 0 aromatic heterocycles. The lowest BCUT2D eigenvalue weighted by Crippen LogP contribution is -2.38. The fourth-order valence-electron chi connectivity index (χ4n) is 3.74. The Morgan fingerprint density at radius 1 is 1.27 bits per heavy atom. The molecular weight excluding hydrogens is 274 g/mol. The molecule has 1 aliphatic heterocycles. The van der Waals surface area contributed by atoms with Crippen molar-refractivity contribution in [2.24, 2.45) is 11.3 Å². The third-order valence-electron chi connectivity index (χ3n) is 5.55. The first kappa shape index (κ1) is 16.0. The molecular formula is C19H29NO2. The van der Waals surface area contributed by atoms with Crippen LogP contribution in [0.4, 0.5) is 0 Å². The van der Waals surface area contributed by atoms with Crippen LogP contribution in [0.2, 0.25) is 0 Å². The van der Waals surface area contributed by atoms with Crippen LogP contribution in [-0.2, 0) is 4.74 Å². The van der Waals surface area contributed by atoms with E-state index in [1.165, 1.54) is 31.2 Å². The Hall–Kier alpha value is -0.900. The average Bonchev–Trinajstić information content (AvgIpc) is 2.96. The number of aliphatic hydroxyl groups is 1. The summed E-state index contributed by atoms with van der Waals surface area (Å²) in [5.74, 6) is 0.881. The van der Waals surface area contributed by atoms with Gasteiger partial charge in [0.25, 0.3) is 0 Å². The van der Waals surface area contributed by atoms with Crippen LogP contribution in [0.1, 0.15) is 50.1 Å². The monoisotopic (exact) mass is 303 g/mol. The second kappa shape index (κ2) is 7.58. The molecule has 3 heteroatoms. The van der Waals surface area contributed by atoms with Gasteiger partial charge in [0.2, 0.25) is 0 Å². The van der Waals surface area contributed by atoms with Gasteiger partial charge in [-0.1, -0.05) is 49.6 Å². The largest absolute Gasteiger partial charge is 0.396 e. The van der Waals surface area contributed by atoms with E-state index in [4.69, 9.17) is 4.74 Å². The van der Waals surface area contributed by atoms with Crippen LogP contribution in [0, 0.1) is 11.3 Å². The first-order valence-electron chi connectivity index (χ1n) is 8.78. The highest BCUT2D eigenvalue weighted by Gasteiger charge is 2.35. The molecule has 1 aliphatic carbocycles. The van der Waals surface area contributed by atoms with Gasteiger partial charge < -0.3 is 15.2 Å². The minimum Gasteiger partial charge on any atom is -0.396 e. The Labute approximate surface area is 134 Å². The molecule has 1 aromatic carbocycles. The zero-order valence-corrected chi connectivity index (χ0v) is 13.5. The standard InChI is InChI=1S/C19H29NO2/c21-11-9-19(10-12-22-15-19)14-20-18(13-16-5-4-6-16)17-7-2-1-3-8-17/h1-3,7-8,16,18,20-21H,4-6,9-15H2. The lowest BCUT2D eigenvalue weighted by Gasteiger charge is -2.34. The van der Waals surface area contributed by atoms with Gasteiger partial charge in [-0.3, -0.25) is 0 Å². The number of benzene rings is 1. The van der Waals surface area contributed by atoms with Gasteiger partial charge in [0.15, 0.2) is 0 Å². The first-order chi connectivity index (χ1) is 10.8. The first-order valence-corrected chi connectivity index (χ1v) is 8.78. The van der Waals surface area contributed by atoms with Gasteiger partial charge in [-0.05, 0) is 30.7 Å². The Morgan fingerprint density at radius 3 is 2.68 bits per heavy atom. The highest BCUT2D eigenvalue weighted by Crippen LogP contribution is 2.36. The van der Waals surface area contributed by atoms with E-state index in [9.17, 15) is 5.11 Å². The van der Waals surface area contributed by atoms with Crippen molar-refractivity contribution in [3.8, 4) is 0 Å². The molecule has 0 spiro atoms. The maximum atomic E-state index is 9.38. The average molecular weight is 303 g/mol. The molecule has 1 saturated heterocycles. The number of rotatable bonds is 8. The van der Waals surface area contributed by atoms with Gasteiger partial charge in [0.05, 0.1) is 6.61 Å². The van der Waals surface area contributed by atoms with Crippen molar-refractivity contribution in [2.75, 3.05) is 26.4 Å². The lowest BCUT2D eigenvalue weighted by molar-refractivity contribution is 0.119. The third-order valence-corrected chi connectivity index (χ3v) is 5.55. The summed E-state index contributed by atoms with van der Waals surface area (Å²) in [7, 11) is 0. The Bertz CT molecular complexity index is 438. The van der Waals surface area contributed by atoms with Crippen LogP contribution in [0.15, 0.2) is 30.3 Å². The summed E-state index contributed by atoms with van der Waals surface area (Å²) < 4.78 is 5.61. The molecule has 2 atom stereocenters. The number of nitrogens with one attached hydrogen (secondary N) is 1. The Kier molecular flexibility index (Phi) is 5.51. The van der Waals surface area contributed by atoms with Crippen LogP contribution in [0.25, 0.3) is 0 Å². The molecule has 3 rings (SSSR count). The molecule has 0 radical (unpaired) electrons. The Balaban J connectivity index is 1.64. The Morgan fingerprint density at radius 2 is 2.09 bits per heavy atom. The summed E-state index contributed by atoms with van der Waals surface area (Å²) in [6, 6.07) is 11.3. The summed E-state index contributed by atoms with van der Waals surface area (Å²) in [6.07, 6.45) is 7.30. The normalized spacial score (nSPS) is 26.8. The topological polar surface area (TPSA) is 41.5 Å². The van der Waals surface area contributed by atoms with Crippen molar-refractivity contribution < 1.29 is 9.84 Å². The van der Waals surface area contributed by atoms with Gasteiger partial charge in [0, 0.05) is 31.2 Å². The summed E-state index contributed by atoms with van der Waals surface area (Å²) in [6.45, 7) is 2.81. The summed E-state index contributed by atoms with van der Waals surface area (Å²) in [5, 5.41) is 13.2. The highest BCUT2D eigenvalue weighted by molar-refractivity contribution is 5.19. The highest BCUT2D eigenvalue weighted by atomic mass is 16.5. The zero-order chi connectivity index (χ0) is 15.3. The maximum absolute atomic E-state index is 9.38. The molecule has 2 fully saturated rings. The summed E-state index contributed by atoms with van der Waals surface area (Å²) in [4.78, 5) is 0. The van der Waals surface area contributed by atoms with Gasteiger partial charge in [-0.25, -0.2) is 0 Å². The van der Waals surface area contributed by atoms with E-state index in [0.717, 1.165) is 38.5 Å². The van der Waals surface area contributed by atoms with Crippen molar-refractivity contribution in [2.45, 2.75) is 44.6 Å². The van der Waals surface area contributed by atoms with Crippen LogP contribution in [-0.4, -0.2) is 31.5 Å². The smallest absolute Gasteiger partial charge is 0.0536 e. The predicted molar refractivity (Wildman–Crippen MR) is 88.7 cm³/mol. The molecule has 2 N–H and O–H groups in total. The van der Waals surface area contributed by atoms with Crippen molar-refractivity contribution in [3.63, 3.8) is 0 Å². The van der Waals surface area contributed by atoms with E-state index < -0.39 is 0 Å². The molecule has 22 heavy (non-hydrogen) atoms. The molecule has 0 amide bonds. The molecule has 2 aliphatic rings. The lowest BCUT2D eigenvalue weighted by atomic mass is 9.79. The molecule has 2 unspecified atom stereocenters. The summed E-state index contributed by atoms with van der Waals surface area (Å²) in [5.41, 5.74) is 1.52. The van der Waals surface area contributed by atoms with E-state index in [1.807, 2.05) is 0 Å². The van der Waals surface area contributed by atoms with Crippen molar-refractivity contribution in [1.82, 2.24) is 5.32 Å². The molecule has 1 aromatic rings. The SMILES string of the molecule is OCCC1(CNC(CC2CCC2)c2ccccc2)CCOC1. The van der Waals surface area contributed by atoms with E-state index >= 15 is 0 Å². The predicted octanol–water partition coefficient (Wildman–Crippen LogP) is 3.30. The van der Waals surface area contributed by atoms with Crippen LogP contribution >= 0.6 is 0 Å². The van der Waals surface area contributed by atoms with Crippen molar-refractivity contribution in [1.29, 1.82) is 0 Å². The third kappa shape index (κ3) is 3.89. The van der Waals surface area contributed by atoms with Crippen molar-refractivity contribution >= 4 is 0 Å². The zero-order valence-electron chi connectivity index (χ0n) is 13.5. The van der Waals surface area contributed by atoms with Gasteiger partial charge in [0.1, 0.15) is 0 Å². The van der Waals surface area contributed by atoms with Crippen LogP contribution in [0.5, 0.6) is 0 Å². The fraction of sp³-hybridized carbons (Fsp3) is 0.684. The molecule has 1 saturated carbocycles. The minimum atomic E-state index is 0.126. The molecule has 1 heterocycles. The quantitative estimate of drug-likeness (QED) is 0.774. The van der Waals surface area contributed by atoms with Crippen LogP contribution < -0.4 is 5.32 Å². The second-order valence-electron chi connectivity index (χ2n) is 7.15. The van der Waals surface area contributed by atoms with E-state index in [-0.39, 0.29) is 12.0 Å². The van der Waals surface area contributed by atoms with Gasteiger partial charge in [-0.2, -0.15) is 0 Å². The van der Waals surface area contributed by atoms with Gasteiger partial charge in [-0.15, -0.1) is 0 Å².